The Morgan fingerprint density at radius 2 is 1.70 bits per heavy atom. The van der Waals surface area contributed by atoms with E-state index in [1.165, 1.54) is 25.7 Å². The molecule has 6 nitrogen and oxygen atoms in total. The van der Waals surface area contributed by atoms with Crippen molar-refractivity contribution in [2.75, 3.05) is 30.4 Å². The first-order valence-corrected chi connectivity index (χ1v) is 10.4. The Labute approximate surface area is 176 Å². The van der Waals surface area contributed by atoms with Crippen LogP contribution in [0.5, 0.6) is 5.75 Å². The van der Waals surface area contributed by atoms with Crippen LogP contribution in [0, 0.1) is 0 Å². The van der Waals surface area contributed by atoms with Gasteiger partial charge >= 0.3 is 0 Å². The molecule has 30 heavy (non-hydrogen) atoms. The Morgan fingerprint density at radius 1 is 0.933 bits per heavy atom. The van der Waals surface area contributed by atoms with E-state index in [4.69, 9.17) is 4.74 Å². The Bertz CT molecular complexity index is 979. The third-order valence-corrected chi connectivity index (χ3v) is 5.35. The van der Waals surface area contributed by atoms with Gasteiger partial charge in [-0.1, -0.05) is 25.0 Å². The van der Waals surface area contributed by atoms with Gasteiger partial charge in [-0.25, -0.2) is 0 Å². The van der Waals surface area contributed by atoms with Crippen molar-refractivity contribution >= 4 is 17.4 Å². The van der Waals surface area contributed by atoms with E-state index >= 15 is 0 Å². The van der Waals surface area contributed by atoms with Crippen molar-refractivity contribution < 1.29 is 9.53 Å². The fourth-order valence-electron chi connectivity index (χ4n) is 3.65. The van der Waals surface area contributed by atoms with E-state index in [0.29, 0.717) is 11.3 Å². The quantitative estimate of drug-likeness (QED) is 0.665. The van der Waals surface area contributed by atoms with Crippen LogP contribution in [0.3, 0.4) is 0 Å². The lowest BCUT2D eigenvalue weighted by atomic mass is 10.1. The average Bonchev–Trinajstić information content (AvgIpc) is 3.09. The Balaban J connectivity index is 1.46. The van der Waals surface area contributed by atoms with Gasteiger partial charge in [0.2, 0.25) is 0 Å². The molecule has 4 rings (SSSR count). The summed E-state index contributed by atoms with van der Waals surface area (Å²) in [6.07, 6.45) is 4.99. The maximum atomic E-state index is 12.5. The number of nitrogens with one attached hydrogen (secondary N) is 1. The van der Waals surface area contributed by atoms with E-state index in [2.05, 4.69) is 20.4 Å². The molecule has 154 valence electrons. The largest absolute Gasteiger partial charge is 0.497 e. The van der Waals surface area contributed by atoms with Crippen LogP contribution in [0.4, 0.5) is 11.5 Å². The number of carbonyl (C=O) groups is 1. The second kappa shape index (κ2) is 9.39. The zero-order valence-electron chi connectivity index (χ0n) is 17.2. The first-order valence-electron chi connectivity index (χ1n) is 10.4. The summed E-state index contributed by atoms with van der Waals surface area (Å²) in [4.78, 5) is 14.8. The third-order valence-electron chi connectivity index (χ3n) is 5.35. The molecule has 1 fully saturated rings. The maximum Gasteiger partial charge on any atom is 0.255 e. The van der Waals surface area contributed by atoms with Crippen LogP contribution in [0.25, 0.3) is 11.3 Å². The molecule has 1 aromatic heterocycles. The molecule has 0 bridgehead atoms. The number of aromatic nitrogens is 2. The molecule has 1 aliphatic rings. The molecular formula is C24H26N4O2. The number of ether oxygens (including phenoxy) is 1. The summed E-state index contributed by atoms with van der Waals surface area (Å²) in [7, 11) is 1.60. The zero-order valence-corrected chi connectivity index (χ0v) is 17.2. The Kier molecular flexibility index (Phi) is 6.23. The molecule has 1 amide bonds. The highest BCUT2D eigenvalue weighted by Gasteiger charge is 2.12. The second-order valence-electron chi connectivity index (χ2n) is 7.44. The van der Waals surface area contributed by atoms with Gasteiger partial charge in [0.15, 0.2) is 5.82 Å². The van der Waals surface area contributed by atoms with Gasteiger partial charge in [-0.05, 0) is 61.4 Å². The number of nitrogens with zero attached hydrogens (tertiary/aromatic N) is 3. The van der Waals surface area contributed by atoms with Gasteiger partial charge in [0.05, 0.1) is 12.8 Å². The predicted octanol–water partition coefficient (Wildman–Crippen LogP) is 4.78. The van der Waals surface area contributed by atoms with Crippen LogP contribution in [-0.4, -0.2) is 36.3 Å². The number of amides is 1. The third kappa shape index (κ3) is 4.76. The van der Waals surface area contributed by atoms with E-state index in [0.717, 1.165) is 35.9 Å². The zero-order chi connectivity index (χ0) is 20.8. The topological polar surface area (TPSA) is 67.3 Å². The summed E-state index contributed by atoms with van der Waals surface area (Å²) in [5.41, 5.74) is 2.99. The summed E-state index contributed by atoms with van der Waals surface area (Å²) in [6.45, 7) is 2.09. The maximum absolute atomic E-state index is 12.5. The van der Waals surface area contributed by atoms with Gasteiger partial charge in [0.1, 0.15) is 5.75 Å². The summed E-state index contributed by atoms with van der Waals surface area (Å²) in [5, 5.41) is 11.8. The SMILES string of the molecule is COc1ccc(C(=O)Nc2cccc(-c3ccc(N4CCCCCC4)nn3)c2)cc1. The van der Waals surface area contributed by atoms with Gasteiger partial charge < -0.3 is 15.0 Å². The van der Waals surface area contributed by atoms with Crippen LogP contribution in [0.15, 0.2) is 60.7 Å². The van der Waals surface area contributed by atoms with E-state index in [-0.39, 0.29) is 5.91 Å². The summed E-state index contributed by atoms with van der Waals surface area (Å²) >= 11 is 0. The highest BCUT2D eigenvalue weighted by atomic mass is 16.5. The number of hydrogen-bond acceptors (Lipinski definition) is 5. The lowest BCUT2D eigenvalue weighted by Crippen LogP contribution is -2.25. The minimum Gasteiger partial charge on any atom is -0.497 e. The van der Waals surface area contributed by atoms with Gasteiger partial charge in [0.25, 0.3) is 5.91 Å². The van der Waals surface area contributed by atoms with Crippen LogP contribution in [0.2, 0.25) is 0 Å². The molecule has 3 aromatic rings. The fourth-order valence-corrected chi connectivity index (χ4v) is 3.65. The first-order chi connectivity index (χ1) is 14.7. The summed E-state index contributed by atoms with van der Waals surface area (Å²) in [6, 6.07) is 18.7. The molecule has 2 aromatic carbocycles. The lowest BCUT2D eigenvalue weighted by molar-refractivity contribution is 0.102. The van der Waals surface area contributed by atoms with Crippen LogP contribution < -0.4 is 15.0 Å². The average molecular weight is 402 g/mol. The molecule has 2 heterocycles. The van der Waals surface area contributed by atoms with Gasteiger partial charge in [-0.3, -0.25) is 4.79 Å². The minimum atomic E-state index is -0.169. The van der Waals surface area contributed by atoms with E-state index in [1.807, 2.05) is 36.4 Å². The van der Waals surface area contributed by atoms with Crippen molar-refractivity contribution in [2.24, 2.45) is 0 Å². The standard InChI is InChI=1S/C24H26N4O2/c1-30-21-11-9-18(10-12-21)24(29)25-20-8-6-7-19(17-20)22-13-14-23(27-26-22)28-15-4-2-3-5-16-28/h6-14,17H,2-5,15-16H2,1H3,(H,25,29). The normalized spacial score (nSPS) is 14.1. The van der Waals surface area contributed by atoms with Crippen molar-refractivity contribution in [3.05, 3.63) is 66.2 Å². The van der Waals surface area contributed by atoms with E-state index in [1.54, 1.807) is 31.4 Å². The van der Waals surface area contributed by atoms with Crippen molar-refractivity contribution in [3.63, 3.8) is 0 Å². The molecule has 6 heteroatoms. The van der Waals surface area contributed by atoms with Crippen molar-refractivity contribution in [2.45, 2.75) is 25.7 Å². The van der Waals surface area contributed by atoms with E-state index < -0.39 is 0 Å². The van der Waals surface area contributed by atoms with Gasteiger partial charge in [0, 0.05) is 29.9 Å². The Hall–Kier alpha value is -3.41. The molecule has 1 saturated heterocycles. The second-order valence-corrected chi connectivity index (χ2v) is 7.44. The molecule has 1 aliphatic heterocycles. The molecule has 0 saturated carbocycles. The minimum absolute atomic E-state index is 0.169. The monoisotopic (exact) mass is 402 g/mol. The van der Waals surface area contributed by atoms with Crippen molar-refractivity contribution in [3.8, 4) is 17.0 Å². The number of anilines is 2. The Morgan fingerprint density at radius 3 is 2.37 bits per heavy atom. The van der Waals surface area contributed by atoms with Crippen molar-refractivity contribution in [1.82, 2.24) is 10.2 Å². The molecule has 0 spiro atoms. The first kappa shape index (κ1) is 19.9. The van der Waals surface area contributed by atoms with Crippen LogP contribution in [0.1, 0.15) is 36.0 Å². The molecule has 0 radical (unpaired) electrons. The molecular weight excluding hydrogens is 376 g/mol. The summed E-state index contributed by atoms with van der Waals surface area (Å²) < 4.78 is 5.14. The molecule has 0 atom stereocenters. The van der Waals surface area contributed by atoms with Gasteiger partial charge in [-0.2, -0.15) is 0 Å². The number of methoxy groups -OCH3 is 1. The molecule has 0 unspecified atom stereocenters. The highest BCUT2D eigenvalue weighted by molar-refractivity contribution is 6.04. The van der Waals surface area contributed by atoms with Crippen LogP contribution >= 0.6 is 0 Å². The predicted molar refractivity (Wildman–Crippen MR) is 119 cm³/mol. The summed E-state index contributed by atoms with van der Waals surface area (Å²) in [5.74, 6) is 1.48. The number of hydrogen-bond donors (Lipinski definition) is 1. The van der Waals surface area contributed by atoms with Crippen LogP contribution in [-0.2, 0) is 0 Å². The number of benzene rings is 2. The smallest absolute Gasteiger partial charge is 0.255 e. The van der Waals surface area contributed by atoms with E-state index in [9.17, 15) is 4.79 Å². The molecule has 0 aliphatic carbocycles. The molecule has 1 N–H and O–H groups in total. The number of carbonyl (C=O) groups excluding carboxylic acids is 1. The highest BCUT2D eigenvalue weighted by Crippen LogP contribution is 2.23. The van der Waals surface area contributed by atoms with Crippen molar-refractivity contribution in [1.29, 1.82) is 0 Å². The lowest BCUT2D eigenvalue weighted by Gasteiger charge is -2.20. The van der Waals surface area contributed by atoms with Gasteiger partial charge in [-0.15, -0.1) is 10.2 Å². The fraction of sp³-hybridized carbons (Fsp3) is 0.292. The number of rotatable bonds is 5.